The van der Waals surface area contributed by atoms with E-state index >= 15 is 0 Å². The van der Waals surface area contributed by atoms with Crippen molar-refractivity contribution in [3.63, 3.8) is 0 Å². The summed E-state index contributed by atoms with van der Waals surface area (Å²) in [6, 6.07) is 11.8. The van der Waals surface area contributed by atoms with Gasteiger partial charge in [-0.3, -0.25) is 14.7 Å². The molecule has 2 unspecified atom stereocenters. The number of benzene rings is 1. The number of carbonyl (C=O) groups is 1. The van der Waals surface area contributed by atoms with Gasteiger partial charge < -0.3 is 4.90 Å². The standard InChI is InChI=1S/C20H24ClN5O/c21-17-5-3-15(4-6-17)12-20(27)26-10-8-25(9-11-26)19-13-18(23-24-19)16-2-1-7-22-14-16/h1-7,14,18-19,23-24H,8-13H2. The van der Waals surface area contributed by atoms with E-state index in [0.717, 1.165) is 38.2 Å². The monoisotopic (exact) mass is 385 g/mol. The summed E-state index contributed by atoms with van der Waals surface area (Å²) >= 11 is 5.91. The van der Waals surface area contributed by atoms with Crippen LogP contribution in [0, 0.1) is 0 Å². The van der Waals surface area contributed by atoms with Crippen LogP contribution >= 0.6 is 11.6 Å². The number of amides is 1. The number of aromatic nitrogens is 1. The second-order valence-corrected chi connectivity index (χ2v) is 7.54. The molecule has 2 saturated heterocycles. The lowest BCUT2D eigenvalue weighted by molar-refractivity contribution is -0.132. The first-order valence-corrected chi connectivity index (χ1v) is 9.74. The maximum atomic E-state index is 12.6. The zero-order valence-electron chi connectivity index (χ0n) is 15.1. The molecule has 2 aliphatic heterocycles. The highest BCUT2D eigenvalue weighted by molar-refractivity contribution is 6.30. The number of carbonyl (C=O) groups excluding carboxylic acids is 1. The third-order valence-electron chi connectivity index (χ3n) is 5.35. The molecule has 0 saturated carbocycles. The first kappa shape index (κ1) is 18.4. The van der Waals surface area contributed by atoms with Gasteiger partial charge >= 0.3 is 0 Å². The van der Waals surface area contributed by atoms with Crippen molar-refractivity contribution in [1.29, 1.82) is 0 Å². The highest BCUT2D eigenvalue weighted by Crippen LogP contribution is 2.23. The van der Waals surface area contributed by atoms with Gasteiger partial charge in [0.1, 0.15) is 0 Å². The summed E-state index contributed by atoms with van der Waals surface area (Å²) in [6.07, 6.45) is 5.41. The number of hydrogen-bond acceptors (Lipinski definition) is 5. The van der Waals surface area contributed by atoms with Gasteiger partial charge in [0, 0.05) is 43.6 Å². The number of nitrogens with one attached hydrogen (secondary N) is 2. The smallest absolute Gasteiger partial charge is 0.227 e. The Morgan fingerprint density at radius 2 is 1.89 bits per heavy atom. The van der Waals surface area contributed by atoms with Gasteiger partial charge in [0.15, 0.2) is 0 Å². The molecule has 7 heteroatoms. The lowest BCUT2D eigenvalue weighted by Crippen LogP contribution is -2.55. The molecule has 0 bridgehead atoms. The molecule has 0 aliphatic carbocycles. The number of piperazine rings is 1. The zero-order valence-corrected chi connectivity index (χ0v) is 15.9. The highest BCUT2D eigenvalue weighted by atomic mass is 35.5. The largest absolute Gasteiger partial charge is 0.340 e. The van der Waals surface area contributed by atoms with Crippen LogP contribution in [0.2, 0.25) is 5.02 Å². The van der Waals surface area contributed by atoms with Crippen molar-refractivity contribution >= 4 is 17.5 Å². The van der Waals surface area contributed by atoms with E-state index in [1.807, 2.05) is 41.4 Å². The molecule has 0 radical (unpaired) electrons. The van der Waals surface area contributed by atoms with Crippen LogP contribution in [0.3, 0.4) is 0 Å². The number of rotatable bonds is 4. The molecule has 4 rings (SSSR count). The van der Waals surface area contributed by atoms with Crippen molar-refractivity contribution in [1.82, 2.24) is 25.6 Å². The van der Waals surface area contributed by atoms with Crippen molar-refractivity contribution in [2.75, 3.05) is 26.2 Å². The van der Waals surface area contributed by atoms with Crippen LogP contribution in [0.4, 0.5) is 0 Å². The number of pyridine rings is 1. The first-order valence-electron chi connectivity index (χ1n) is 9.36. The molecule has 2 fully saturated rings. The van der Waals surface area contributed by atoms with E-state index < -0.39 is 0 Å². The van der Waals surface area contributed by atoms with E-state index in [4.69, 9.17) is 11.6 Å². The second kappa shape index (κ2) is 8.35. The van der Waals surface area contributed by atoms with Gasteiger partial charge in [-0.05, 0) is 35.7 Å². The maximum Gasteiger partial charge on any atom is 0.227 e. The van der Waals surface area contributed by atoms with Crippen molar-refractivity contribution < 1.29 is 4.79 Å². The number of hydrogen-bond donors (Lipinski definition) is 2. The summed E-state index contributed by atoms with van der Waals surface area (Å²) in [7, 11) is 0. The Labute approximate surface area is 164 Å². The van der Waals surface area contributed by atoms with Gasteiger partial charge in [0.25, 0.3) is 0 Å². The molecule has 2 N–H and O–H groups in total. The molecule has 2 atom stereocenters. The average molecular weight is 386 g/mol. The fraction of sp³-hybridized carbons (Fsp3) is 0.400. The van der Waals surface area contributed by atoms with E-state index in [1.165, 1.54) is 5.56 Å². The number of halogens is 1. The van der Waals surface area contributed by atoms with Gasteiger partial charge in [-0.1, -0.05) is 29.8 Å². The summed E-state index contributed by atoms with van der Waals surface area (Å²) in [4.78, 5) is 21.1. The highest BCUT2D eigenvalue weighted by Gasteiger charge is 2.32. The van der Waals surface area contributed by atoms with Gasteiger partial charge in [-0.2, -0.15) is 0 Å². The average Bonchev–Trinajstić information content (AvgIpc) is 3.21. The third-order valence-corrected chi connectivity index (χ3v) is 5.60. The summed E-state index contributed by atoms with van der Waals surface area (Å²) in [5.74, 6) is 0.183. The van der Waals surface area contributed by atoms with Crippen molar-refractivity contribution in [2.24, 2.45) is 0 Å². The molecule has 0 spiro atoms. The lowest BCUT2D eigenvalue weighted by Gasteiger charge is -2.37. The Morgan fingerprint density at radius 1 is 1.11 bits per heavy atom. The molecule has 1 aromatic heterocycles. The normalized spacial score (nSPS) is 23.5. The quantitative estimate of drug-likeness (QED) is 0.842. The Bertz CT molecular complexity index is 762. The Morgan fingerprint density at radius 3 is 2.59 bits per heavy atom. The van der Waals surface area contributed by atoms with Crippen LogP contribution in [0.1, 0.15) is 23.6 Å². The van der Waals surface area contributed by atoms with Crippen LogP contribution in [-0.4, -0.2) is 53.0 Å². The SMILES string of the molecule is O=C(Cc1ccc(Cl)cc1)N1CCN(C2CC(c3cccnc3)NN2)CC1. The third kappa shape index (κ3) is 4.47. The molecule has 27 heavy (non-hydrogen) atoms. The molecule has 1 aromatic carbocycles. The fourth-order valence-electron chi connectivity index (χ4n) is 3.75. The van der Waals surface area contributed by atoms with Crippen molar-refractivity contribution in [2.45, 2.75) is 25.0 Å². The molecule has 2 aliphatic rings. The fourth-order valence-corrected chi connectivity index (χ4v) is 3.88. The summed E-state index contributed by atoms with van der Waals surface area (Å²) in [5.41, 5.74) is 8.97. The second-order valence-electron chi connectivity index (χ2n) is 7.10. The predicted octanol–water partition coefficient (Wildman–Crippen LogP) is 1.99. The zero-order chi connectivity index (χ0) is 18.6. The number of hydrazine groups is 1. The Hall–Kier alpha value is -1.99. The minimum atomic E-state index is 0.183. The minimum absolute atomic E-state index is 0.183. The van der Waals surface area contributed by atoms with Crippen LogP contribution in [0.25, 0.3) is 0 Å². The maximum absolute atomic E-state index is 12.6. The van der Waals surface area contributed by atoms with Crippen LogP contribution in [-0.2, 0) is 11.2 Å². The van der Waals surface area contributed by atoms with E-state index in [9.17, 15) is 4.79 Å². The van der Waals surface area contributed by atoms with E-state index in [0.29, 0.717) is 11.4 Å². The Kier molecular flexibility index (Phi) is 5.69. The van der Waals surface area contributed by atoms with Gasteiger partial charge in [-0.25, -0.2) is 10.9 Å². The molecule has 3 heterocycles. The first-order chi connectivity index (χ1) is 13.2. The summed E-state index contributed by atoms with van der Waals surface area (Å²) in [5, 5.41) is 0.696. The summed E-state index contributed by atoms with van der Waals surface area (Å²) < 4.78 is 0. The molecular weight excluding hydrogens is 362 g/mol. The number of nitrogens with zero attached hydrogens (tertiary/aromatic N) is 3. The molecule has 2 aromatic rings. The molecular formula is C20H24ClN5O. The lowest BCUT2D eigenvalue weighted by atomic mass is 10.1. The minimum Gasteiger partial charge on any atom is -0.340 e. The van der Waals surface area contributed by atoms with Gasteiger partial charge in [-0.15, -0.1) is 0 Å². The van der Waals surface area contributed by atoms with Crippen molar-refractivity contribution in [3.8, 4) is 0 Å². The van der Waals surface area contributed by atoms with Crippen molar-refractivity contribution in [3.05, 3.63) is 64.9 Å². The van der Waals surface area contributed by atoms with Gasteiger partial charge in [0.2, 0.25) is 5.91 Å². The topological polar surface area (TPSA) is 60.5 Å². The van der Waals surface area contributed by atoms with E-state index in [1.54, 1.807) is 6.20 Å². The van der Waals surface area contributed by atoms with Gasteiger partial charge in [0.05, 0.1) is 18.6 Å². The Balaban J connectivity index is 1.26. The molecule has 142 valence electrons. The molecule has 6 nitrogen and oxygen atoms in total. The van der Waals surface area contributed by atoms with Crippen LogP contribution < -0.4 is 10.9 Å². The molecule has 1 amide bonds. The van der Waals surface area contributed by atoms with E-state index in [-0.39, 0.29) is 18.1 Å². The van der Waals surface area contributed by atoms with Crippen LogP contribution in [0.5, 0.6) is 0 Å². The summed E-state index contributed by atoms with van der Waals surface area (Å²) in [6.45, 7) is 3.29. The predicted molar refractivity (Wildman–Crippen MR) is 105 cm³/mol. The van der Waals surface area contributed by atoms with E-state index in [2.05, 4.69) is 26.8 Å². The van der Waals surface area contributed by atoms with Crippen LogP contribution in [0.15, 0.2) is 48.8 Å².